The van der Waals surface area contributed by atoms with E-state index in [1.165, 1.54) is 12.1 Å². The molecule has 1 aliphatic rings. The largest absolute Gasteiger partial charge is 0.489 e. The van der Waals surface area contributed by atoms with Crippen molar-refractivity contribution in [3.8, 4) is 5.75 Å². The summed E-state index contributed by atoms with van der Waals surface area (Å²) in [5.74, 6) is 0.332. The van der Waals surface area contributed by atoms with Crippen LogP contribution in [0.4, 0.5) is 4.39 Å². The van der Waals surface area contributed by atoms with Gasteiger partial charge in [-0.15, -0.1) is 11.8 Å². The van der Waals surface area contributed by atoms with Crippen LogP contribution in [-0.2, 0) is 6.61 Å². The van der Waals surface area contributed by atoms with Gasteiger partial charge in [-0.05, 0) is 35.9 Å². The van der Waals surface area contributed by atoms with Gasteiger partial charge in [-0.3, -0.25) is 9.78 Å². The van der Waals surface area contributed by atoms with Crippen LogP contribution in [0.1, 0.15) is 26.9 Å². The van der Waals surface area contributed by atoms with Crippen molar-refractivity contribution in [1.29, 1.82) is 0 Å². The molecule has 1 aliphatic heterocycles. The van der Waals surface area contributed by atoms with E-state index < -0.39 is 0 Å². The lowest BCUT2D eigenvalue weighted by atomic mass is 10.1. The van der Waals surface area contributed by atoms with Gasteiger partial charge in [0, 0.05) is 52.1 Å². The first kappa shape index (κ1) is 19.4. The van der Waals surface area contributed by atoms with E-state index in [9.17, 15) is 9.18 Å². The lowest BCUT2D eigenvalue weighted by Crippen LogP contribution is -2.19. The second-order valence-electron chi connectivity index (χ2n) is 7.13. The number of allylic oxidation sites excluding steroid dienone is 1. The summed E-state index contributed by atoms with van der Waals surface area (Å²) in [6.45, 7) is 0.335. The molecule has 3 heterocycles. The Labute approximate surface area is 182 Å². The number of nitrogens with zero attached hydrogens (tertiary/aromatic N) is 1. The summed E-state index contributed by atoms with van der Waals surface area (Å²) in [7, 11) is 0. The first-order valence-electron chi connectivity index (χ1n) is 9.72. The van der Waals surface area contributed by atoms with Crippen molar-refractivity contribution >= 4 is 28.4 Å². The van der Waals surface area contributed by atoms with E-state index >= 15 is 0 Å². The van der Waals surface area contributed by atoms with E-state index in [2.05, 4.69) is 15.3 Å². The van der Waals surface area contributed by atoms with Gasteiger partial charge in [0.15, 0.2) is 0 Å². The molecule has 0 saturated heterocycles. The second-order valence-corrected chi connectivity index (χ2v) is 8.11. The smallest absolute Gasteiger partial charge is 0.211 e. The number of H-pyrrole nitrogens is 1. The summed E-state index contributed by atoms with van der Waals surface area (Å²) in [6, 6.07) is 15.6. The molecule has 1 unspecified atom stereocenters. The molecule has 0 amide bonds. The highest BCUT2D eigenvalue weighted by Crippen LogP contribution is 2.35. The Morgan fingerprint density at radius 3 is 2.84 bits per heavy atom. The van der Waals surface area contributed by atoms with E-state index in [1.807, 2.05) is 35.7 Å². The average Bonchev–Trinajstić information content (AvgIpc) is 3.46. The number of aromatic nitrogens is 2. The molecular formula is C24H18FN3O2S. The number of hydrogen-bond acceptors (Lipinski definition) is 5. The molecular weight excluding hydrogens is 413 g/mol. The van der Waals surface area contributed by atoms with E-state index in [4.69, 9.17) is 4.74 Å². The third-order valence-electron chi connectivity index (χ3n) is 5.06. The van der Waals surface area contributed by atoms with Gasteiger partial charge in [0.2, 0.25) is 5.78 Å². The fraction of sp³-hybridized carbons (Fsp3) is 0.0833. The summed E-state index contributed by atoms with van der Waals surface area (Å²) in [5.41, 5.74) is 3.88. The van der Waals surface area contributed by atoms with Crippen LogP contribution in [0.15, 0.2) is 84.3 Å². The average molecular weight is 431 g/mol. The maximum atomic E-state index is 13.1. The molecule has 0 aliphatic carbocycles. The van der Waals surface area contributed by atoms with Gasteiger partial charge < -0.3 is 15.0 Å². The van der Waals surface area contributed by atoms with Crippen LogP contribution in [0.5, 0.6) is 5.75 Å². The molecule has 5 rings (SSSR count). The Kier molecular flexibility index (Phi) is 5.18. The molecule has 1 atom stereocenters. The molecule has 2 aromatic heterocycles. The summed E-state index contributed by atoms with van der Waals surface area (Å²) in [5, 5.41) is 5.95. The fourth-order valence-electron chi connectivity index (χ4n) is 3.43. The first-order valence-corrected chi connectivity index (χ1v) is 10.7. The Hall–Kier alpha value is -3.58. The Morgan fingerprint density at radius 1 is 1.16 bits per heavy atom. The number of ether oxygens (including phenoxy) is 1. The summed E-state index contributed by atoms with van der Waals surface area (Å²) in [6.07, 6.45) is 5.25. The predicted molar refractivity (Wildman–Crippen MR) is 119 cm³/mol. The Bertz CT molecular complexity index is 1270. The molecule has 0 fully saturated rings. The lowest BCUT2D eigenvalue weighted by Gasteiger charge is -2.12. The molecule has 31 heavy (non-hydrogen) atoms. The SMILES string of the molecule is O=C(C1=CSC(c2cccnc2)N1)c1c[nH]c2cc(OCc3ccc(F)cc3)ccc12. The van der Waals surface area contributed by atoms with E-state index in [0.29, 0.717) is 23.6 Å². The number of fused-ring (bicyclic) bond motifs is 1. The van der Waals surface area contributed by atoms with Crippen LogP contribution in [0.2, 0.25) is 0 Å². The van der Waals surface area contributed by atoms with Crippen LogP contribution in [0.25, 0.3) is 10.9 Å². The molecule has 154 valence electrons. The monoisotopic (exact) mass is 431 g/mol. The highest BCUT2D eigenvalue weighted by Gasteiger charge is 2.25. The van der Waals surface area contributed by atoms with Gasteiger partial charge in [-0.25, -0.2) is 4.39 Å². The summed E-state index contributed by atoms with van der Waals surface area (Å²) in [4.78, 5) is 20.4. The zero-order valence-corrected chi connectivity index (χ0v) is 17.2. The first-order chi connectivity index (χ1) is 15.2. The predicted octanol–water partition coefficient (Wildman–Crippen LogP) is 5.34. The van der Waals surface area contributed by atoms with Gasteiger partial charge in [-0.1, -0.05) is 18.2 Å². The molecule has 0 saturated carbocycles. The van der Waals surface area contributed by atoms with Crippen LogP contribution in [0, 0.1) is 5.82 Å². The number of thioether (sulfide) groups is 1. The zero-order valence-electron chi connectivity index (χ0n) is 16.3. The molecule has 0 radical (unpaired) electrons. The molecule has 0 bridgehead atoms. The minimum Gasteiger partial charge on any atom is -0.489 e. The number of carbonyl (C=O) groups is 1. The van der Waals surface area contributed by atoms with E-state index in [-0.39, 0.29) is 17.0 Å². The van der Waals surface area contributed by atoms with Gasteiger partial charge in [0.1, 0.15) is 23.5 Å². The molecule has 2 aromatic carbocycles. The topological polar surface area (TPSA) is 67.0 Å². The minimum atomic E-state index is -0.272. The number of halogens is 1. The maximum Gasteiger partial charge on any atom is 0.211 e. The third kappa shape index (κ3) is 4.04. The Balaban J connectivity index is 1.29. The summed E-state index contributed by atoms with van der Waals surface area (Å²) >= 11 is 1.55. The number of hydrogen-bond donors (Lipinski definition) is 2. The number of pyridine rings is 1. The van der Waals surface area contributed by atoms with E-state index in [1.54, 1.807) is 42.5 Å². The lowest BCUT2D eigenvalue weighted by molar-refractivity contribution is 0.102. The third-order valence-corrected chi connectivity index (χ3v) is 6.09. The number of rotatable bonds is 6. The van der Waals surface area contributed by atoms with Crippen molar-refractivity contribution in [2.45, 2.75) is 12.0 Å². The van der Waals surface area contributed by atoms with E-state index in [0.717, 1.165) is 22.0 Å². The number of aromatic amines is 1. The molecule has 5 nitrogen and oxygen atoms in total. The second kappa shape index (κ2) is 8.28. The number of nitrogens with one attached hydrogen (secondary N) is 2. The number of carbonyl (C=O) groups excluding carboxylic acids is 1. The molecule has 0 spiro atoms. The quantitative estimate of drug-likeness (QED) is 0.404. The van der Waals surface area contributed by atoms with Gasteiger partial charge in [0.05, 0.1) is 5.70 Å². The van der Waals surface area contributed by atoms with Gasteiger partial charge >= 0.3 is 0 Å². The minimum absolute atomic E-state index is 0.0238. The number of benzene rings is 2. The maximum absolute atomic E-state index is 13.1. The Morgan fingerprint density at radius 2 is 2.03 bits per heavy atom. The number of ketones is 1. The van der Waals surface area contributed by atoms with Crippen molar-refractivity contribution in [2.75, 3.05) is 0 Å². The normalized spacial score (nSPS) is 15.5. The van der Waals surface area contributed by atoms with Crippen molar-refractivity contribution in [3.05, 3.63) is 107 Å². The van der Waals surface area contributed by atoms with Crippen LogP contribution < -0.4 is 10.1 Å². The van der Waals surface area contributed by atoms with Crippen LogP contribution in [0.3, 0.4) is 0 Å². The highest BCUT2D eigenvalue weighted by atomic mass is 32.2. The number of Topliss-reactive ketones (excluding diaryl/α,β-unsaturated/α-hetero) is 1. The highest BCUT2D eigenvalue weighted by molar-refractivity contribution is 8.02. The molecule has 2 N–H and O–H groups in total. The standard InChI is InChI=1S/C24H18FN3O2S/c25-17-5-3-15(4-6-17)13-30-18-7-8-19-20(12-27-21(19)10-18)23(29)22-14-31-24(28-22)16-2-1-9-26-11-16/h1-12,14,24,27-28H,13H2. The van der Waals surface area contributed by atoms with Crippen molar-refractivity contribution in [1.82, 2.24) is 15.3 Å². The van der Waals surface area contributed by atoms with Gasteiger partial charge in [-0.2, -0.15) is 0 Å². The van der Waals surface area contributed by atoms with Crippen molar-refractivity contribution < 1.29 is 13.9 Å². The van der Waals surface area contributed by atoms with Gasteiger partial charge in [0.25, 0.3) is 0 Å². The molecule has 4 aromatic rings. The van der Waals surface area contributed by atoms with Crippen LogP contribution >= 0.6 is 11.8 Å². The van der Waals surface area contributed by atoms with Crippen molar-refractivity contribution in [3.63, 3.8) is 0 Å². The van der Waals surface area contributed by atoms with Crippen molar-refractivity contribution in [2.24, 2.45) is 0 Å². The van der Waals surface area contributed by atoms with Crippen LogP contribution in [-0.4, -0.2) is 15.8 Å². The zero-order chi connectivity index (χ0) is 21.2. The summed E-state index contributed by atoms with van der Waals surface area (Å²) < 4.78 is 18.8. The fourth-order valence-corrected chi connectivity index (χ4v) is 4.37. The molecule has 7 heteroatoms.